The van der Waals surface area contributed by atoms with Crippen molar-refractivity contribution in [1.82, 2.24) is 25.5 Å². The van der Waals surface area contributed by atoms with Crippen molar-refractivity contribution < 1.29 is 33.2 Å². The highest BCUT2D eigenvalue weighted by atomic mass is 32.1. The molecule has 4 N–H and O–H groups in total. The van der Waals surface area contributed by atoms with Gasteiger partial charge in [-0.25, -0.2) is 4.98 Å². The summed E-state index contributed by atoms with van der Waals surface area (Å²) in [7, 11) is 1.27. The van der Waals surface area contributed by atoms with E-state index in [-0.39, 0.29) is 30.2 Å². The summed E-state index contributed by atoms with van der Waals surface area (Å²) in [6.07, 6.45) is 3.77. The maximum atomic E-state index is 13.0. The number of hydrogen-bond acceptors (Lipinski definition) is 10. The second-order valence-corrected chi connectivity index (χ2v) is 8.01. The minimum absolute atomic E-state index is 0.197. The first-order chi connectivity index (χ1) is 20.0. The highest BCUT2D eigenvalue weighted by molar-refractivity contribution is 7.79. The van der Waals surface area contributed by atoms with Crippen molar-refractivity contribution in [2.24, 2.45) is 0 Å². The molecule has 2 aromatic heterocycles. The second-order valence-electron chi connectivity index (χ2n) is 8.01. The number of aromatic nitrogens is 2. The molecule has 0 radical (unpaired) electrons. The number of carbonyl (C=O) groups is 6. The molecule has 15 heteroatoms. The van der Waals surface area contributed by atoms with Gasteiger partial charge in [-0.3, -0.25) is 33.6 Å². The van der Waals surface area contributed by atoms with Gasteiger partial charge in [0.05, 0.1) is 0 Å². The number of pyridine rings is 1. The maximum absolute atomic E-state index is 13.0. The first-order valence-electron chi connectivity index (χ1n) is 12.4. The van der Waals surface area contributed by atoms with Gasteiger partial charge in [0, 0.05) is 32.3 Å². The smallest absolute Gasteiger partial charge is 0.287 e. The molecule has 0 saturated carbocycles. The number of amides is 4. The lowest BCUT2D eigenvalue weighted by atomic mass is 10.1. The van der Waals surface area contributed by atoms with Crippen molar-refractivity contribution >= 4 is 53.5 Å². The Balaban J connectivity index is 0.00000402. The third kappa shape index (κ3) is 11.8. The summed E-state index contributed by atoms with van der Waals surface area (Å²) in [5.41, 5.74) is -0.726. The number of likely N-dealkylation sites (N-methyl/N-ethyl adjacent to an activating group) is 1. The zero-order chi connectivity index (χ0) is 32.4. The van der Waals surface area contributed by atoms with E-state index in [0.29, 0.717) is 12.1 Å². The minimum Gasteiger partial charge on any atom is -0.441 e. The van der Waals surface area contributed by atoms with E-state index in [1.54, 1.807) is 13.2 Å². The van der Waals surface area contributed by atoms with Gasteiger partial charge in [-0.2, -0.15) is 12.6 Å². The summed E-state index contributed by atoms with van der Waals surface area (Å²) in [4.78, 5) is 89.3. The van der Waals surface area contributed by atoms with Crippen LogP contribution in [-0.4, -0.2) is 64.1 Å². The van der Waals surface area contributed by atoms with Gasteiger partial charge in [0.25, 0.3) is 23.3 Å². The Kier molecular flexibility index (Phi) is 17.1. The third-order valence-corrected chi connectivity index (χ3v) is 5.14. The standard InChI is InChI=1S/C24H28N6O8.C2H4.CH4S/c1-5-13(2)26-19(33)11-30-10-6-7-16(24(30)37)28-20(34)15(8-9-18(32)22(36)25-4)27-21(35)17-12-38-23(29-17)14(3)31;2*1-2/h6-7,10,12,15H,2,5,8-9,11H2,1,3-4H3,(H,25,36)(H,26,33)(H,27,35)(H,28,34);1-2H2;2H,1H3. The SMILES string of the molecule is C=C.C=C(CC)NC(=O)Cn1cccc(NC(=O)C(CCC(=O)C(=O)NC)NC(=O)c2coc(C(C)=O)n2)c1=O.CS. The molecule has 4 amide bonds. The fourth-order valence-corrected chi connectivity index (χ4v) is 3.03. The van der Waals surface area contributed by atoms with Gasteiger partial charge in [0.2, 0.25) is 23.4 Å². The van der Waals surface area contributed by atoms with Crippen LogP contribution in [0.15, 0.2) is 59.2 Å². The van der Waals surface area contributed by atoms with Crippen LogP contribution in [0.3, 0.4) is 0 Å². The van der Waals surface area contributed by atoms with E-state index in [1.807, 2.05) is 0 Å². The molecular weight excluding hydrogens is 568 g/mol. The van der Waals surface area contributed by atoms with Gasteiger partial charge in [-0.05, 0) is 31.2 Å². The Morgan fingerprint density at radius 3 is 2.33 bits per heavy atom. The van der Waals surface area contributed by atoms with Crippen LogP contribution in [-0.2, 0) is 25.7 Å². The third-order valence-electron chi connectivity index (χ3n) is 5.14. The Labute approximate surface area is 248 Å². The van der Waals surface area contributed by atoms with Gasteiger partial charge >= 0.3 is 0 Å². The predicted octanol–water partition coefficient (Wildman–Crippen LogP) is 1.26. The number of oxazole rings is 1. The van der Waals surface area contributed by atoms with E-state index in [4.69, 9.17) is 4.42 Å². The quantitative estimate of drug-likeness (QED) is 0.0967. The van der Waals surface area contributed by atoms with Crippen LogP contribution in [0.2, 0.25) is 0 Å². The molecule has 14 nitrogen and oxygen atoms in total. The van der Waals surface area contributed by atoms with E-state index in [9.17, 15) is 33.6 Å². The molecule has 0 aliphatic heterocycles. The molecule has 1 atom stereocenters. The fourth-order valence-electron chi connectivity index (χ4n) is 3.03. The van der Waals surface area contributed by atoms with Crippen molar-refractivity contribution in [2.75, 3.05) is 18.6 Å². The Morgan fingerprint density at radius 2 is 1.79 bits per heavy atom. The zero-order valence-electron chi connectivity index (χ0n) is 23.9. The average molecular weight is 605 g/mol. The minimum atomic E-state index is -1.39. The number of nitrogens with zero attached hydrogens (tertiary/aromatic N) is 2. The maximum Gasteiger partial charge on any atom is 0.287 e. The number of carbonyl (C=O) groups excluding carboxylic acids is 6. The largest absolute Gasteiger partial charge is 0.441 e. The molecule has 0 aromatic carbocycles. The van der Waals surface area contributed by atoms with Crippen LogP contribution in [0.5, 0.6) is 0 Å². The molecule has 0 saturated heterocycles. The molecular formula is C27H36N6O8S. The van der Waals surface area contributed by atoms with Crippen LogP contribution in [0.25, 0.3) is 0 Å². The van der Waals surface area contributed by atoms with Gasteiger partial charge in [-0.15, -0.1) is 13.2 Å². The normalized spacial score (nSPS) is 10.3. The Morgan fingerprint density at radius 1 is 1.14 bits per heavy atom. The first-order valence-corrected chi connectivity index (χ1v) is 13.3. The molecule has 0 aliphatic carbocycles. The van der Waals surface area contributed by atoms with E-state index in [0.717, 1.165) is 10.8 Å². The van der Waals surface area contributed by atoms with Crippen molar-refractivity contribution in [1.29, 1.82) is 0 Å². The van der Waals surface area contributed by atoms with Crippen molar-refractivity contribution in [3.05, 3.63) is 72.0 Å². The van der Waals surface area contributed by atoms with Crippen LogP contribution in [0.1, 0.15) is 54.3 Å². The number of ketones is 2. The van der Waals surface area contributed by atoms with Crippen molar-refractivity contribution in [3.8, 4) is 0 Å². The molecule has 2 rings (SSSR count). The van der Waals surface area contributed by atoms with Crippen LogP contribution in [0.4, 0.5) is 5.69 Å². The summed E-state index contributed by atoms with van der Waals surface area (Å²) in [5, 5.41) is 9.45. The van der Waals surface area contributed by atoms with E-state index in [1.165, 1.54) is 32.3 Å². The molecule has 0 spiro atoms. The number of Topliss-reactive ketones (excluding diaryl/α,β-unsaturated/α-hetero) is 2. The van der Waals surface area contributed by atoms with Gasteiger partial charge < -0.3 is 30.3 Å². The molecule has 1 unspecified atom stereocenters. The number of thiol groups is 1. The second kappa shape index (κ2) is 19.3. The lowest BCUT2D eigenvalue weighted by molar-refractivity contribution is -0.137. The fraction of sp³-hybridized carbons (Fsp3) is 0.333. The summed E-state index contributed by atoms with van der Waals surface area (Å²) in [6, 6.07) is 1.34. The molecule has 2 heterocycles. The number of rotatable bonds is 13. The monoisotopic (exact) mass is 604 g/mol. The summed E-state index contributed by atoms with van der Waals surface area (Å²) in [6.45, 7) is 12.3. The molecule has 2 aromatic rings. The lowest BCUT2D eigenvalue weighted by Crippen LogP contribution is -2.45. The van der Waals surface area contributed by atoms with Crippen molar-refractivity contribution in [3.63, 3.8) is 0 Å². The highest BCUT2D eigenvalue weighted by Gasteiger charge is 2.26. The number of allylic oxidation sites excluding steroid dienone is 1. The topological polar surface area (TPSA) is 199 Å². The predicted molar refractivity (Wildman–Crippen MR) is 159 cm³/mol. The molecule has 228 valence electrons. The van der Waals surface area contributed by atoms with Crippen LogP contribution >= 0.6 is 12.6 Å². The molecule has 0 bridgehead atoms. The van der Waals surface area contributed by atoms with Gasteiger partial charge in [0.15, 0.2) is 5.69 Å². The van der Waals surface area contributed by atoms with Crippen molar-refractivity contribution in [2.45, 2.75) is 45.7 Å². The van der Waals surface area contributed by atoms with E-state index in [2.05, 4.69) is 58.6 Å². The molecule has 42 heavy (non-hydrogen) atoms. The number of anilines is 1. The Hall–Kier alpha value is -4.79. The lowest BCUT2D eigenvalue weighted by Gasteiger charge is -2.18. The first kappa shape index (κ1) is 37.2. The summed E-state index contributed by atoms with van der Waals surface area (Å²) < 4.78 is 5.97. The van der Waals surface area contributed by atoms with Gasteiger partial charge in [0.1, 0.15) is 24.5 Å². The summed E-state index contributed by atoms with van der Waals surface area (Å²) >= 11 is 3.53. The summed E-state index contributed by atoms with van der Waals surface area (Å²) in [5.74, 6) is -4.82. The van der Waals surface area contributed by atoms with Crippen LogP contribution < -0.4 is 26.8 Å². The number of hydrogen-bond donors (Lipinski definition) is 5. The van der Waals surface area contributed by atoms with Gasteiger partial charge in [-0.1, -0.05) is 13.5 Å². The van der Waals surface area contributed by atoms with E-state index >= 15 is 0 Å². The molecule has 0 aliphatic rings. The number of nitrogens with one attached hydrogen (secondary N) is 4. The van der Waals surface area contributed by atoms with Crippen LogP contribution in [0, 0.1) is 0 Å². The Bertz CT molecular complexity index is 1350. The zero-order valence-corrected chi connectivity index (χ0v) is 24.8. The average Bonchev–Trinajstić information content (AvgIpc) is 3.49. The van der Waals surface area contributed by atoms with E-state index < -0.39 is 53.2 Å². The highest BCUT2D eigenvalue weighted by Crippen LogP contribution is 2.08. The molecule has 0 fully saturated rings.